The van der Waals surface area contributed by atoms with Gasteiger partial charge in [0.25, 0.3) is 0 Å². The summed E-state index contributed by atoms with van der Waals surface area (Å²) in [6, 6.07) is 18.8. The lowest BCUT2D eigenvalue weighted by molar-refractivity contribution is -0.127. The first-order chi connectivity index (χ1) is 13.6. The fraction of sp³-hybridized carbons (Fsp3) is 0.320. The molecule has 0 spiro atoms. The van der Waals surface area contributed by atoms with Crippen LogP contribution in [0.1, 0.15) is 36.5 Å². The van der Waals surface area contributed by atoms with Gasteiger partial charge in [-0.2, -0.15) is 0 Å². The molecule has 0 radical (unpaired) electrons. The second kappa shape index (κ2) is 10.0. The molecule has 0 aliphatic carbocycles. The first kappa shape index (κ1) is 20.1. The van der Waals surface area contributed by atoms with Crippen molar-refractivity contribution in [3.8, 4) is 0 Å². The van der Waals surface area contributed by atoms with E-state index in [1.54, 1.807) is 6.08 Å². The molecule has 0 N–H and O–H groups in total. The van der Waals surface area contributed by atoms with Gasteiger partial charge in [-0.25, -0.2) is 0 Å². The van der Waals surface area contributed by atoms with Crippen molar-refractivity contribution in [1.29, 1.82) is 0 Å². The first-order valence-corrected chi connectivity index (χ1v) is 10.1. The summed E-state index contributed by atoms with van der Waals surface area (Å²) in [5, 5.41) is 0. The zero-order chi connectivity index (χ0) is 19.8. The van der Waals surface area contributed by atoms with Crippen LogP contribution in [-0.2, 0) is 4.79 Å². The summed E-state index contributed by atoms with van der Waals surface area (Å²) in [6.45, 7) is 8.71. The third-order valence-corrected chi connectivity index (χ3v) is 5.18. The van der Waals surface area contributed by atoms with Gasteiger partial charge in [-0.1, -0.05) is 80.6 Å². The highest BCUT2D eigenvalue weighted by Crippen LogP contribution is 2.15. The maximum Gasteiger partial charge on any atom is 0.246 e. The molecule has 3 heteroatoms. The molecule has 0 saturated carbocycles. The van der Waals surface area contributed by atoms with Crippen LogP contribution >= 0.6 is 0 Å². The van der Waals surface area contributed by atoms with Crippen molar-refractivity contribution in [1.82, 2.24) is 9.80 Å². The van der Waals surface area contributed by atoms with Gasteiger partial charge >= 0.3 is 0 Å². The van der Waals surface area contributed by atoms with Crippen LogP contribution < -0.4 is 0 Å². The average molecular weight is 375 g/mol. The Morgan fingerprint density at radius 3 is 2.18 bits per heavy atom. The zero-order valence-electron chi connectivity index (χ0n) is 16.9. The van der Waals surface area contributed by atoms with Crippen LogP contribution in [0.4, 0.5) is 0 Å². The van der Waals surface area contributed by atoms with Gasteiger partial charge in [0, 0.05) is 38.8 Å². The third-order valence-electron chi connectivity index (χ3n) is 5.18. The molecular formula is C25H30N2O. The van der Waals surface area contributed by atoms with Gasteiger partial charge in [-0.15, -0.1) is 0 Å². The van der Waals surface area contributed by atoms with Crippen LogP contribution in [0.25, 0.3) is 12.2 Å². The summed E-state index contributed by atoms with van der Waals surface area (Å²) < 4.78 is 0. The summed E-state index contributed by atoms with van der Waals surface area (Å²) in [4.78, 5) is 16.8. The molecule has 2 aromatic carbocycles. The largest absolute Gasteiger partial charge is 0.337 e. The van der Waals surface area contributed by atoms with Gasteiger partial charge in [0.2, 0.25) is 5.91 Å². The van der Waals surface area contributed by atoms with Gasteiger partial charge in [0.05, 0.1) is 0 Å². The molecule has 1 fully saturated rings. The second-order valence-corrected chi connectivity index (χ2v) is 7.59. The maximum atomic E-state index is 12.5. The smallest absolute Gasteiger partial charge is 0.246 e. The lowest BCUT2D eigenvalue weighted by atomic mass is 10.0. The molecule has 1 amide bonds. The quantitative estimate of drug-likeness (QED) is 0.686. The Morgan fingerprint density at radius 2 is 1.54 bits per heavy atom. The normalized spacial score (nSPS) is 15.8. The van der Waals surface area contributed by atoms with Gasteiger partial charge in [0.15, 0.2) is 0 Å². The van der Waals surface area contributed by atoms with Crippen LogP contribution in [-0.4, -0.2) is 48.4 Å². The Hall–Kier alpha value is -2.65. The zero-order valence-corrected chi connectivity index (χ0v) is 16.9. The number of rotatable bonds is 6. The molecule has 3 nitrogen and oxygen atoms in total. The molecule has 1 aliphatic heterocycles. The predicted molar refractivity (Wildman–Crippen MR) is 118 cm³/mol. The summed E-state index contributed by atoms with van der Waals surface area (Å²) >= 11 is 0. The van der Waals surface area contributed by atoms with E-state index in [0.717, 1.165) is 38.3 Å². The highest BCUT2D eigenvalue weighted by molar-refractivity contribution is 5.91. The Labute approximate surface area is 169 Å². The highest BCUT2D eigenvalue weighted by Gasteiger charge is 2.18. The lowest BCUT2D eigenvalue weighted by Crippen LogP contribution is -2.48. The average Bonchev–Trinajstić information content (AvgIpc) is 2.73. The van der Waals surface area contributed by atoms with E-state index in [4.69, 9.17) is 0 Å². The molecule has 0 unspecified atom stereocenters. The molecule has 0 aromatic heterocycles. The molecule has 0 bridgehead atoms. The first-order valence-electron chi connectivity index (χ1n) is 10.1. The van der Waals surface area contributed by atoms with E-state index in [1.165, 1.54) is 11.1 Å². The summed E-state index contributed by atoms with van der Waals surface area (Å²) in [7, 11) is 0. The van der Waals surface area contributed by atoms with Crippen LogP contribution in [0.3, 0.4) is 0 Å². The van der Waals surface area contributed by atoms with Gasteiger partial charge in [-0.3, -0.25) is 9.69 Å². The molecule has 0 atom stereocenters. The van der Waals surface area contributed by atoms with Crippen molar-refractivity contribution in [3.05, 3.63) is 83.4 Å². The van der Waals surface area contributed by atoms with Crippen LogP contribution in [0, 0.1) is 0 Å². The molecule has 1 heterocycles. The van der Waals surface area contributed by atoms with Gasteiger partial charge in [-0.05, 0) is 28.7 Å². The Kier molecular flexibility index (Phi) is 7.21. The minimum absolute atomic E-state index is 0.104. The Bertz CT molecular complexity index is 798. The fourth-order valence-corrected chi connectivity index (χ4v) is 3.32. The number of carbonyl (C=O) groups excluding carboxylic acids is 1. The fourth-order valence-electron chi connectivity index (χ4n) is 3.32. The number of hydrogen-bond acceptors (Lipinski definition) is 2. The minimum Gasteiger partial charge on any atom is -0.337 e. The number of nitrogens with zero attached hydrogens (tertiary/aromatic N) is 2. The highest BCUT2D eigenvalue weighted by atomic mass is 16.2. The number of hydrogen-bond donors (Lipinski definition) is 0. The lowest BCUT2D eigenvalue weighted by Gasteiger charge is -2.33. The number of benzene rings is 2. The topological polar surface area (TPSA) is 23.6 Å². The van der Waals surface area contributed by atoms with E-state index in [9.17, 15) is 4.79 Å². The van der Waals surface area contributed by atoms with Crippen molar-refractivity contribution in [2.75, 3.05) is 32.7 Å². The molecule has 2 aromatic rings. The van der Waals surface area contributed by atoms with Crippen LogP contribution in [0.5, 0.6) is 0 Å². The monoisotopic (exact) mass is 374 g/mol. The summed E-state index contributed by atoms with van der Waals surface area (Å²) in [6.07, 6.45) is 7.98. The summed E-state index contributed by atoms with van der Waals surface area (Å²) in [5.41, 5.74) is 3.62. The van der Waals surface area contributed by atoms with E-state index in [0.29, 0.717) is 5.92 Å². The molecule has 3 rings (SSSR count). The van der Waals surface area contributed by atoms with Crippen LogP contribution in [0.15, 0.2) is 66.7 Å². The standard InChI is InChI=1S/C25H30N2O/c1-21(2)24-13-10-23(11-14-24)12-15-25(28)27-19-17-26(18-20-27)16-6-9-22-7-4-3-5-8-22/h3-15,21H,16-20H2,1-2H3. The van der Waals surface area contributed by atoms with Gasteiger partial charge < -0.3 is 4.90 Å². The van der Waals surface area contributed by atoms with Crippen molar-refractivity contribution < 1.29 is 4.79 Å². The molecule has 1 saturated heterocycles. The van der Waals surface area contributed by atoms with Crippen molar-refractivity contribution in [2.24, 2.45) is 0 Å². The number of amides is 1. The van der Waals surface area contributed by atoms with E-state index in [-0.39, 0.29) is 5.91 Å². The number of carbonyl (C=O) groups is 1. The van der Waals surface area contributed by atoms with E-state index in [2.05, 4.69) is 79.4 Å². The third kappa shape index (κ3) is 5.93. The van der Waals surface area contributed by atoms with Crippen molar-refractivity contribution in [2.45, 2.75) is 19.8 Å². The molecule has 146 valence electrons. The molecule has 28 heavy (non-hydrogen) atoms. The van der Waals surface area contributed by atoms with E-state index >= 15 is 0 Å². The van der Waals surface area contributed by atoms with Crippen LogP contribution in [0.2, 0.25) is 0 Å². The predicted octanol–water partition coefficient (Wildman–Crippen LogP) is 4.68. The number of piperazine rings is 1. The second-order valence-electron chi connectivity index (χ2n) is 7.59. The molecular weight excluding hydrogens is 344 g/mol. The maximum absolute atomic E-state index is 12.5. The van der Waals surface area contributed by atoms with Crippen molar-refractivity contribution >= 4 is 18.1 Å². The minimum atomic E-state index is 0.104. The van der Waals surface area contributed by atoms with E-state index in [1.807, 2.05) is 17.0 Å². The molecule has 1 aliphatic rings. The Balaban J connectivity index is 1.43. The Morgan fingerprint density at radius 1 is 0.893 bits per heavy atom. The SMILES string of the molecule is CC(C)c1ccc(C=CC(=O)N2CCN(CC=Cc3ccccc3)CC2)cc1. The van der Waals surface area contributed by atoms with Gasteiger partial charge in [0.1, 0.15) is 0 Å². The van der Waals surface area contributed by atoms with E-state index < -0.39 is 0 Å². The van der Waals surface area contributed by atoms with Crippen molar-refractivity contribution in [3.63, 3.8) is 0 Å². The summed E-state index contributed by atoms with van der Waals surface area (Å²) in [5.74, 6) is 0.630.